The van der Waals surface area contributed by atoms with Gasteiger partial charge in [0.15, 0.2) is 0 Å². The average molecular weight is 351 g/mol. The minimum absolute atomic E-state index is 0.618. The van der Waals surface area contributed by atoms with Crippen LogP contribution in [0.2, 0.25) is 0 Å². The third-order valence-corrected chi connectivity index (χ3v) is 13.4. The largest absolute Gasteiger partial charge is 0.143 e. The highest BCUT2D eigenvalue weighted by atomic mass is 32.2. The van der Waals surface area contributed by atoms with Gasteiger partial charge in [-0.2, -0.15) is 0 Å². The highest BCUT2D eigenvalue weighted by Gasteiger charge is 2.65. The van der Waals surface area contributed by atoms with Gasteiger partial charge >= 0.3 is 0 Å². The molecule has 4 aliphatic carbocycles. The molecule has 4 saturated carbocycles. The molecule has 5 rings (SSSR count). The Morgan fingerprint density at radius 1 is 0.739 bits per heavy atom. The van der Waals surface area contributed by atoms with Gasteiger partial charge in [0.25, 0.3) is 0 Å². The van der Waals surface area contributed by atoms with Crippen LogP contribution in [-0.2, 0) is 0 Å². The number of thioether (sulfide) groups is 2. The first-order valence-electron chi connectivity index (χ1n) is 10.4. The molecule has 6 atom stereocenters. The molecule has 1 saturated heterocycles. The molecule has 1 aliphatic heterocycles. The first-order chi connectivity index (χ1) is 11.1. The van der Waals surface area contributed by atoms with E-state index in [9.17, 15) is 0 Å². The van der Waals surface area contributed by atoms with Crippen molar-refractivity contribution in [2.45, 2.75) is 82.1 Å². The van der Waals surface area contributed by atoms with E-state index in [1.54, 1.807) is 44.9 Å². The molecular weight excluding hydrogens is 316 g/mol. The minimum atomic E-state index is 0.618. The highest BCUT2D eigenvalue weighted by Crippen LogP contribution is 2.74. The summed E-state index contributed by atoms with van der Waals surface area (Å²) in [4.78, 5) is 0. The molecule has 0 aromatic rings. The quantitative estimate of drug-likeness (QED) is 0.483. The Morgan fingerprint density at radius 2 is 1.52 bits per heavy atom. The summed E-state index contributed by atoms with van der Waals surface area (Å²) < 4.78 is 0.618. The zero-order valence-electron chi connectivity index (χ0n) is 15.1. The zero-order valence-corrected chi connectivity index (χ0v) is 16.7. The predicted molar refractivity (Wildman–Crippen MR) is 104 cm³/mol. The van der Waals surface area contributed by atoms with Crippen molar-refractivity contribution in [3.63, 3.8) is 0 Å². The molecule has 5 fully saturated rings. The van der Waals surface area contributed by atoms with Crippen molar-refractivity contribution in [2.75, 3.05) is 11.5 Å². The molecule has 0 aromatic heterocycles. The molecule has 0 aromatic carbocycles. The van der Waals surface area contributed by atoms with Crippen molar-refractivity contribution in [1.82, 2.24) is 0 Å². The van der Waals surface area contributed by atoms with Gasteiger partial charge in [-0.15, -0.1) is 23.5 Å². The van der Waals surface area contributed by atoms with Gasteiger partial charge in [0.05, 0.1) is 4.08 Å². The van der Waals surface area contributed by atoms with Crippen LogP contribution in [0, 0.1) is 34.5 Å². The fourth-order valence-electron chi connectivity index (χ4n) is 8.18. The maximum atomic E-state index is 2.72. The molecule has 2 heteroatoms. The lowest BCUT2D eigenvalue weighted by atomic mass is 9.45. The van der Waals surface area contributed by atoms with Crippen LogP contribution in [0.25, 0.3) is 0 Å². The molecule has 130 valence electrons. The molecule has 23 heavy (non-hydrogen) atoms. The van der Waals surface area contributed by atoms with Crippen molar-refractivity contribution < 1.29 is 0 Å². The van der Waals surface area contributed by atoms with Crippen LogP contribution in [0.1, 0.15) is 78.1 Å². The Bertz CT molecular complexity index is 482. The summed E-state index contributed by atoms with van der Waals surface area (Å²) >= 11 is 4.72. The topological polar surface area (TPSA) is 0 Å². The summed E-state index contributed by atoms with van der Waals surface area (Å²) in [6, 6.07) is 0. The van der Waals surface area contributed by atoms with E-state index in [-0.39, 0.29) is 0 Å². The highest BCUT2D eigenvalue weighted by molar-refractivity contribution is 8.21. The minimum Gasteiger partial charge on any atom is -0.143 e. The Balaban J connectivity index is 1.47. The maximum absolute atomic E-state index is 2.72. The molecule has 0 radical (unpaired) electrons. The van der Waals surface area contributed by atoms with Gasteiger partial charge in [-0.3, -0.25) is 0 Å². The molecule has 5 aliphatic rings. The lowest BCUT2D eigenvalue weighted by Crippen LogP contribution is -2.54. The molecule has 1 heterocycles. The summed E-state index contributed by atoms with van der Waals surface area (Å²) in [6.45, 7) is 5.45. The fraction of sp³-hybridized carbons (Fsp3) is 1.00. The van der Waals surface area contributed by atoms with Crippen LogP contribution in [-0.4, -0.2) is 15.6 Å². The van der Waals surface area contributed by atoms with E-state index in [0.717, 1.165) is 23.7 Å². The SMILES string of the molecule is CC12CCCCC1CCC1C2CCC2(C)C1CCC21SCCS1. The normalized spacial score (nSPS) is 54.5. The van der Waals surface area contributed by atoms with Crippen molar-refractivity contribution in [2.24, 2.45) is 34.5 Å². The van der Waals surface area contributed by atoms with E-state index >= 15 is 0 Å². The number of hydrogen-bond donors (Lipinski definition) is 0. The molecule has 0 bridgehead atoms. The van der Waals surface area contributed by atoms with Crippen molar-refractivity contribution in [1.29, 1.82) is 0 Å². The van der Waals surface area contributed by atoms with Gasteiger partial charge in [0.2, 0.25) is 0 Å². The zero-order chi connectivity index (χ0) is 15.7. The van der Waals surface area contributed by atoms with Crippen LogP contribution < -0.4 is 0 Å². The number of rotatable bonds is 0. The lowest BCUT2D eigenvalue weighted by molar-refractivity contribution is -0.103. The fourth-order valence-corrected chi connectivity index (χ4v) is 12.0. The smallest absolute Gasteiger partial charge is 0.0667 e. The third kappa shape index (κ3) is 2.00. The van der Waals surface area contributed by atoms with Crippen LogP contribution in [0.3, 0.4) is 0 Å². The second kappa shape index (κ2) is 5.35. The molecule has 0 amide bonds. The van der Waals surface area contributed by atoms with Crippen LogP contribution >= 0.6 is 23.5 Å². The van der Waals surface area contributed by atoms with Crippen LogP contribution in [0.4, 0.5) is 0 Å². The number of fused-ring (bicyclic) bond motifs is 6. The van der Waals surface area contributed by atoms with Crippen molar-refractivity contribution >= 4 is 23.5 Å². The van der Waals surface area contributed by atoms with Gasteiger partial charge < -0.3 is 0 Å². The Hall–Kier alpha value is 0.700. The van der Waals surface area contributed by atoms with E-state index in [2.05, 4.69) is 37.4 Å². The third-order valence-electron chi connectivity index (χ3n) is 9.38. The first-order valence-corrected chi connectivity index (χ1v) is 12.3. The van der Waals surface area contributed by atoms with Crippen molar-refractivity contribution in [3.05, 3.63) is 0 Å². The first kappa shape index (κ1) is 15.9. The van der Waals surface area contributed by atoms with E-state index < -0.39 is 0 Å². The van der Waals surface area contributed by atoms with Gasteiger partial charge in [-0.25, -0.2) is 0 Å². The summed E-state index contributed by atoms with van der Waals surface area (Å²) in [7, 11) is 0. The summed E-state index contributed by atoms with van der Waals surface area (Å²) in [5, 5.41) is 0. The standard InChI is InChI=1S/C21H34S2/c1-19-10-4-3-5-15(19)6-7-16-17(19)8-11-20(2)18(16)9-12-21(20)22-13-14-23-21/h15-18H,3-14H2,1-2H3. The Labute approximate surface area is 151 Å². The second-order valence-corrected chi connectivity index (χ2v) is 12.9. The van der Waals surface area contributed by atoms with Crippen LogP contribution in [0.15, 0.2) is 0 Å². The predicted octanol–water partition coefficient (Wildman–Crippen LogP) is 6.60. The Morgan fingerprint density at radius 3 is 2.35 bits per heavy atom. The van der Waals surface area contributed by atoms with Crippen molar-refractivity contribution in [3.8, 4) is 0 Å². The molecule has 0 nitrogen and oxygen atoms in total. The van der Waals surface area contributed by atoms with E-state index in [0.29, 0.717) is 14.9 Å². The summed E-state index contributed by atoms with van der Waals surface area (Å²) in [6.07, 6.45) is 15.5. The molecule has 6 unspecified atom stereocenters. The second-order valence-electron chi connectivity index (χ2n) is 9.85. The van der Waals surface area contributed by atoms with Gasteiger partial charge in [0.1, 0.15) is 0 Å². The van der Waals surface area contributed by atoms with E-state index in [4.69, 9.17) is 0 Å². The van der Waals surface area contributed by atoms with Gasteiger partial charge in [-0.05, 0) is 85.9 Å². The maximum Gasteiger partial charge on any atom is 0.0667 e. The van der Waals surface area contributed by atoms with E-state index in [1.165, 1.54) is 30.8 Å². The summed E-state index contributed by atoms with van der Waals surface area (Å²) in [5.74, 6) is 7.12. The molecule has 0 N–H and O–H groups in total. The number of hydrogen-bond acceptors (Lipinski definition) is 2. The average Bonchev–Trinajstić information content (AvgIpc) is 3.14. The van der Waals surface area contributed by atoms with E-state index in [1.807, 2.05) is 0 Å². The monoisotopic (exact) mass is 350 g/mol. The van der Waals surface area contributed by atoms with Gasteiger partial charge in [-0.1, -0.05) is 26.7 Å². The molecular formula is C21H34S2. The summed E-state index contributed by atoms with van der Waals surface area (Å²) in [5.41, 5.74) is 1.37. The lowest BCUT2D eigenvalue weighted by Gasteiger charge is -2.61. The molecule has 1 spiro atoms. The Kier molecular flexibility index (Phi) is 3.70. The van der Waals surface area contributed by atoms with Gasteiger partial charge in [0, 0.05) is 11.5 Å². The van der Waals surface area contributed by atoms with Crippen LogP contribution in [0.5, 0.6) is 0 Å².